The van der Waals surface area contributed by atoms with E-state index >= 15 is 0 Å². The highest BCUT2D eigenvalue weighted by Crippen LogP contribution is 2.17. The van der Waals surface area contributed by atoms with Gasteiger partial charge in [0.05, 0.1) is 6.42 Å². The predicted octanol–water partition coefficient (Wildman–Crippen LogP) is 0.155. The number of piperazine rings is 1. The summed E-state index contributed by atoms with van der Waals surface area (Å²) in [5, 5.41) is 9.42. The van der Waals surface area contributed by atoms with Gasteiger partial charge in [0.2, 0.25) is 5.91 Å². The molecule has 1 saturated heterocycles. The largest absolute Gasteiger partial charge is 0.353 e. The van der Waals surface area contributed by atoms with E-state index in [1.54, 1.807) is 11.9 Å². The molecular weight excluding hydrogens is 358 g/mol. The van der Waals surface area contributed by atoms with Gasteiger partial charge in [-0.25, -0.2) is 4.79 Å². The number of aryl methyl sites for hydroxylation is 1. The Bertz CT molecular complexity index is 1050. The van der Waals surface area contributed by atoms with Gasteiger partial charge in [0, 0.05) is 40.3 Å². The van der Waals surface area contributed by atoms with E-state index in [0.717, 1.165) is 15.7 Å². The van der Waals surface area contributed by atoms with E-state index in [9.17, 15) is 19.6 Å². The van der Waals surface area contributed by atoms with Crippen LogP contribution in [0.15, 0.2) is 33.9 Å². The van der Waals surface area contributed by atoms with E-state index in [4.69, 9.17) is 0 Å². The minimum absolute atomic E-state index is 0.0434. The third kappa shape index (κ3) is 3.56. The molecule has 1 aromatic carbocycles. The Morgan fingerprint density at radius 1 is 1.04 bits per heavy atom. The van der Waals surface area contributed by atoms with Gasteiger partial charge in [0.1, 0.15) is 11.9 Å². The summed E-state index contributed by atoms with van der Waals surface area (Å²) in [5.41, 5.74) is 0.996. The fourth-order valence-electron chi connectivity index (χ4n) is 3.46. The molecule has 28 heavy (non-hydrogen) atoms. The summed E-state index contributed by atoms with van der Waals surface area (Å²) in [6, 6.07) is 9.81. The zero-order valence-electron chi connectivity index (χ0n) is 16.3. The highest BCUT2D eigenvalue weighted by atomic mass is 16.2. The number of aromatic nitrogens is 2. The van der Waals surface area contributed by atoms with Crippen molar-refractivity contribution in [2.45, 2.75) is 13.3 Å². The number of rotatable bonds is 3. The lowest BCUT2D eigenvalue weighted by Crippen LogP contribution is -2.52. The second-order valence-electron chi connectivity index (χ2n) is 7.05. The first kappa shape index (κ1) is 19.4. The molecule has 1 aliphatic rings. The lowest BCUT2D eigenvalue weighted by atomic mass is 10.1. The summed E-state index contributed by atoms with van der Waals surface area (Å²) < 4.78 is 2.26. The van der Waals surface area contributed by atoms with Crippen LogP contribution in [0.5, 0.6) is 0 Å². The molecule has 8 heteroatoms. The lowest BCUT2D eigenvalue weighted by Gasteiger charge is -2.37. The molecule has 1 amide bonds. The molecule has 0 unspecified atom stereocenters. The molecule has 1 fully saturated rings. The fourth-order valence-corrected chi connectivity index (χ4v) is 3.46. The molecule has 0 N–H and O–H groups in total. The van der Waals surface area contributed by atoms with Crippen molar-refractivity contribution in [1.82, 2.24) is 14.0 Å². The molecule has 0 bridgehead atoms. The van der Waals surface area contributed by atoms with Crippen LogP contribution in [0.2, 0.25) is 0 Å². The van der Waals surface area contributed by atoms with Gasteiger partial charge < -0.3 is 9.80 Å². The number of nitriles is 1. The lowest BCUT2D eigenvalue weighted by molar-refractivity contribution is -0.130. The maximum absolute atomic E-state index is 12.6. The van der Waals surface area contributed by atoms with Crippen molar-refractivity contribution in [2.24, 2.45) is 14.1 Å². The molecule has 1 aliphatic heterocycles. The van der Waals surface area contributed by atoms with Gasteiger partial charge in [-0.05, 0) is 12.5 Å². The maximum atomic E-state index is 12.6. The second kappa shape index (κ2) is 7.72. The number of amides is 1. The van der Waals surface area contributed by atoms with Gasteiger partial charge in [-0.3, -0.25) is 18.7 Å². The van der Waals surface area contributed by atoms with Crippen LogP contribution in [0.1, 0.15) is 16.7 Å². The average molecular weight is 381 g/mol. The number of nitrogens with zero attached hydrogens (tertiary/aromatic N) is 5. The maximum Gasteiger partial charge on any atom is 0.332 e. The van der Waals surface area contributed by atoms with Gasteiger partial charge in [-0.15, -0.1) is 0 Å². The first-order valence-corrected chi connectivity index (χ1v) is 9.12. The zero-order chi connectivity index (χ0) is 20.4. The Kier molecular flexibility index (Phi) is 5.36. The van der Waals surface area contributed by atoms with Gasteiger partial charge in [0.15, 0.2) is 5.56 Å². The molecule has 0 saturated carbocycles. The quantitative estimate of drug-likeness (QED) is 0.755. The first-order valence-electron chi connectivity index (χ1n) is 9.12. The van der Waals surface area contributed by atoms with Gasteiger partial charge in [0.25, 0.3) is 5.56 Å². The zero-order valence-corrected chi connectivity index (χ0v) is 16.3. The summed E-state index contributed by atoms with van der Waals surface area (Å²) in [5.74, 6) is 0.364. The van der Waals surface area contributed by atoms with E-state index in [0.29, 0.717) is 38.4 Å². The van der Waals surface area contributed by atoms with E-state index in [2.05, 4.69) is 0 Å². The van der Waals surface area contributed by atoms with Crippen molar-refractivity contribution in [1.29, 1.82) is 5.26 Å². The van der Waals surface area contributed by atoms with E-state index in [1.807, 2.05) is 42.2 Å². The molecule has 2 aromatic rings. The van der Waals surface area contributed by atoms with E-state index < -0.39 is 11.2 Å². The van der Waals surface area contributed by atoms with Gasteiger partial charge >= 0.3 is 5.69 Å². The van der Waals surface area contributed by atoms with Crippen molar-refractivity contribution < 1.29 is 4.79 Å². The fraction of sp³-hybridized carbons (Fsp3) is 0.400. The Balaban J connectivity index is 1.75. The van der Waals surface area contributed by atoms with Gasteiger partial charge in [-0.2, -0.15) is 5.26 Å². The van der Waals surface area contributed by atoms with Crippen LogP contribution in [-0.2, 0) is 25.3 Å². The van der Waals surface area contributed by atoms with Crippen molar-refractivity contribution >= 4 is 11.7 Å². The summed E-state index contributed by atoms with van der Waals surface area (Å²) in [7, 11) is 2.91. The molecular formula is C20H23N5O3. The van der Waals surface area contributed by atoms with Crippen LogP contribution in [-0.4, -0.2) is 46.1 Å². The van der Waals surface area contributed by atoms with E-state index in [1.165, 1.54) is 11.6 Å². The highest BCUT2D eigenvalue weighted by molar-refractivity contribution is 5.79. The number of benzene rings is 1. The number of anilines is 1. The molecule has 1 aromatic heterocycles. The second-order valence-corrected chi connectivity index (χ2v) is 7.05. The number of hydrogen-bond donors (Lipinski definition) is 0. The number of carbonyl (C=O) groups is 1. The summed E-state index contributed by atoms with van der Waals surface area (Å²) in [4.78, 5) is 40.7. The first-order chi connectivity index (χ1) is 13.3. The Morgan fingerprint density at radius 3 is 2.21 bits per heavy atom. The third-order valence-corrected chi connectivity index (χ3v) is 5.15. The monoisotopic (exact) mass is 381 g/mol. The minimum atomic E-state index is -0.599. The van der Waals surface area contributed by atoms with E-state index in [-0.39, 0.29) is 11.5 Å². The summed E-state index contributed by atoms with van der Waals surface area (Å²) in [6.45, 7) is 3.85. The van der Waals surface area contributed by atoms with Crippen LogP contribution in [0.3, 0.4) is 0 Å². The molecule has 3 rings (SSSR count). The Labute approximate surface area is 162 Å². The molecule has 146 valence electrons. The van der Waals surface area contributed by atoms with Crippen molar-refractivity contribution in [3.05, 3.63) is 61.8 Å². The summed E-state index contributed by atoms with van der Waals surface area (Å²) in [6.07, 6.45) is 0.341. The molecule has 0 atom stereocenters. The molecule has 0 spiro atoms. The minimum Gasteiger partial charge on any atom is -0.353 e. The third-order valence-electron chi connectivity index (χ3n) is 5.15. The van der Waals surface area contributed by atoms with Crippen LogP contribution < -0.4 is 16.1 Å². The van der Waals surface area contributed by atoms with Gasteiger partial charge in [-0.1, -0.05) is 29.8 Å². The molecule has 0 radical (unpaired) electrons. The van der Waals surface area contributed by atoms with Crippen molar-refractivity contribution in [3.8, 4) is 6.07 Å². The van der Waals surface area contributed by atoms with Crippen molar-refractivity contribution in [2.75, 3.05) is 31.1 Å². The number of hydrogen-bond acceptors (Lipinski definition) is 5. The summed E-state index contributed by atoms with van der Waals surface area (Å²) >= 11 is 0. The van der Waals surface area contributed by atoms with Crippen LogP contribution >= 0.6 is 0 Å². The SMILES string of the molecule is Cc1ccc(CC(=O)N2CCN(c3c(C#N)c(=O)n(C)c(=O)n3C)CC2)cc1. The predicted molar refractivity (Wildman–Crippen MR) is 105 cm³/mol. The van der Waals surface area contributed by atoms with Crippen LogP contribution in [0, 0.1) is 18.3 Å². The highest BCUT2D eigenvalue weighted by Gasteiger charge is 2.26. The van der Waals surface area contributed by atoms with Crippen molar-refractivity contribution in [3.63, 3.8) is 0 Å². The molecule has 2 heterocycles. The number of carbonyl (C=O) groups excluding carboxylic acids is 1. The topological polar surface area (TPSA) is 91.3 Å². The normalized spacial score (nSPS) is 14.1. The average Bonchev–Trinajstić information content (AvgIpc) is 2.70. The Hall–Kier alpha value is -3.34. The smallest absolute Gasteiger partial charge is 0.332 e. The van der Waals surface area contributed by atoms with Crippen LogP contribution in [0.4, 0.5) is 5.82 Å². The van der Waals surface area contributed by atoms with Crippen LogP contribution in [0.25, 0.3) is 0 Å². The standard InChI is InChI=1S/C20H23N5O3/c1-14-4-6-15(7-5-14)12-17(26)24-8-10-25(11-9-24)18-16(13-21)19(27)23(3)20(28)22(18)2/h4-7H,8-12H2,1-3H3. The Morgan fingerprint density at radius 2 is 1.64 bits per heavy atom. The molecule has 0 aliphatic carbocycles. The molecule has 8 nitrogen and oxygen atoms in total.